The van der Waals surface area contributed by atoms with Gasteiger partial charge in [0.05, 0.1) is 0 Å². The second kappa shape index (κ2) is 4.03. The Morgan fingerprint density at radius 1 is 1.00 bits per heavy atom. The first-order valence-corrected chi connectivity index (χ1v) is 6.33. The van der Waals surface area contributed by atoms with E-state index in [1.165, 1.54) is 0 Å². The van der Waals surface area contributed by atoms with E-state index in [2.05, 4.69) is 0 Å². The van der Waals surface area contributed by atoms with Gasteiger partial charge in [-0.2, -0.15) is 0 Å². The van der Waals surface area contributed by atoms with Crippen LogP contribution in [0.5, 0.6) is 0 Å². The number of rotatable bonds is 1. The first kappa shape index (κ1) is 8.95. The molecule has 0 unspecified atom stereocenters. The summed E-state index contributed by atoms with van der Waals surface area (Å²) in [7, 11) is 5.69. The van der Waals surface area contributed by atoms with E-state index in [0.29, 0.717) is 10.0 Å². The molecule has 4 heteroatoms. The monoisotopic (exact) mass is 204 g/mol. The molecule has 0 saturated heterocycles. The zero-order valence-electron chi connectivity index (χ0n) is 5.07. The van der Waals surface area contributed by atoms with Gasteiger partial charge in [-0.25, -0.2) is 0 Å². The average molecular weight is 206 g/mol. The van der Waals surface area contributed by atoms with Gasteiger partial charge in [0.25, 0.3) is 0 Å². The highest BCUT2D eigenvalue weighted by Gasteiger charge is 1.98. The SMILES string of the molecule is [Cl][Mg][c]1cc(Cl)cc(Cl)c1. The minimum Gasteiger partial charge on any atom is -0.336 e. The van der Waals surface area contributed by atoms with E-state index in [9.17, 15) is 0 Å². The number of benzene rings is 1. The summed E-state index contributed by atoms with van der Waals surface area (Å²) in [6.07, 6.45) is 0. The van der Waals surface area contributed by atoms with Crippen molar-refractivity contribution >= 4 is 55.2 Å². The number of hydrogen-bond acceptors (Lipinski definition) is 0. The zero-order chi connectivity index (χ0) is 7.56. The molecular weight excluding hydrogens is 203 g/mol. The van der Waals surface area contributed by atoms with Crippen molar-refractivity contribution in [3.63, 3.8) is 0 Å². The fraction of sp³-hybridized carbons (Fsp3) is 0. The second-order valence-corrected chi connectivity index (χ2v) is 4.67. The highest BCUT2D eigenvalue weighted by molar-refractivity contribution is 7.01. The summed E-state index contributed by atoms with van der Waals surface area (Å²) < 4.78 is 1.08. The van der Waals surface area contributed by atoms with Gasteiger partial charge in [-0.15, -0.1) is 3.69 Å². The van der Waals surface area contributed by atoms with Crippen molar-refractivity contribution in [1.82, 2.24) is 0 Å². The van der Waals surface area contributed by atoms with E-state index < -0.39 is 19.3 Å². The lowest BCUT2D eigenvalue weighted by atomic mass is 10.4. The van der Waals surface area contributed by atoms with E-state index in [1.54, 1.807) is 6.07 Å². The summed E-state index contributed by atoms with van der Waals surface area (Å²) in [6.45, 7) is 0. The summed E-state index contributed by atoms with van der Waals surface area (Å²) in [4.78, 5) is 0. The molecule has 0 aliphatic carbocycles. The minimum absolute atomic E-state index is 0.648. The molecule has 0 radical (unpaired) electrons. The lowest BCUT2D eigenvalue weighted by molar-refractivity contribution is 1.76. The maximum Gasteiger partial charge on any atom is 0.538 e. The molecule has 0 nitrogen and oxygen atoms in total. The lowest BCUT2D eigenvalue weighted by Gasteiger charge is -1.96. The van der Waals surface area contributed by atoms with Crippen molar-refractivity contribution in [2.75, 3.05) is 0 Å². The molecule has 1 aromatic rings. The molecule has 0 atom stereocenters. The first-order chi connectivity index (χ1) is 4.72. The summed E-state index contributed by atoms with van der Waals surface area (Å²) >= 11 is 10.8. The molecule has 0 aliphatic rings. The Hall–Kier alpha value is 0.856. The molecule has 1 aromatic carbocycles. The van der Waals surface area contributed by atoms with Gasteiger partial charge in [0, 0.05) is 10.0 Å². The molecule has 0 fully saturated rings. The first-order valence-electron chi connectivity index (χ1n) is 2.73. The van der Waals surface area contributed by atoms with Gasteiger partial charge in [0.2, 0.25) is 0 Å². The van der Waals surface area contributed by atoms with E-state index >= 15 is 0 Å². The normalized spacial score (nSPS) is 9.10. The molecule has 0 bridgehead atoms. The minimum atomic E-state index is -0.648. The average Bonchev–Trinajstić information content (AvgIpc) is 1.85. The van der Waals surface area contributed by atoms with Crippen LogP contribution < -0.4 is 3.69 Å². The molecule has 50 valence electrons. The quantitative estimate of drug-likeness (QED) is 0.618. The largest absolute Gasteiger partial charge is 0.538 e. The van der Waals surface area contributed by atoms with Crippen molar-refractivity contribution in [2.24, 2.45) is 0 Å². The van der Waals surface area contributed by atoms with Crippen LogP contribution in [-0.4, -0.2) is 19.3 Å². The molecule has 0 aromatic heterocycles. The molecule has 0 N–H and O–H groups in total. The van der Waals surface area contributed by atoms with Crippen LogP contribution in [0.25, 0.3) is 0 Å². The van der Waals surface area contributed by atoms with Crippen LogP contribution in [0.3, 0.4) is 0 Å². The van der Waals surface area contributed by atoms with Gasteiger partial charge in [-0.1, -0.05) is 35.3 Å². The predicted octanol–water partition coefficient (Wildman–Crippen LogP) is 2.48. The van der Waals surface area contributed by atoms with Crippen LogP contribution >= 0.6 is 32.3 Å². The Balaban J connectivity index is 3.06. The van der Waals surface area contributed by atoms with E-state index in [4.69, 9.17) is 32.3 Å². The van der Waals surface area contributed by atoms with Crippen LogP contribution in [-0.2, 0) is 0 Å². The Bertz CT molecular complexity index is 216. The van der Waals surface area contributed by atoms with Crippen molar-refractivity contribution in [1.29, 1.82) is 0 Å². The fourth-order valence-corrected chi connectivity index (χ4v) is 2.58. The fourth-order valence-electron chi connectivity index (χ4n) is 0.688. The lowest BCUT2D eigenvalue weighted by Crippen LogP contribution is -2.07. The summed E-state index contributed by atoms with van der Waals surface area (Å²) in [6, 6.07) is 5.41. The summed E-state index contributed by atoms with van der Waals surface area (Å²) in [5, 5.41) is 1.33. The maximum atomic E-state index is 5.71. The van der Waals surface area contributed by atoms with Gasteiger partial charge in [-0.05, 0) is 6.07 Å². The third kappa shape index (κ3) is 2.48. The Labute approximate surface area is 83.0 Å². The Morgan fingerprint density at radius 2 is 1.50 bits per heavy atom. The van der Waals surface area contributed by atoms with Crippen LogP contribution in [0.2, 0.25) is 10.0 Å². The van der Waals surface area contributed by atoms with Crippen LogP contribution in [0, 0.1) is 0 Å². The van der Waals surface area contributed by atoms with Gasteiger partial charge < -0.3 is 9.07 Å². The Kier molecular flexibility index (Phi) is 3.60. The van der Waals surface area contributed by atoms with E-state index in [0.717, 1.165) is 3.69 Å². The topological polar surface area (TPSA) is 0 Å². The highest BCUT2D eigenvalue weighted by atomic mass is 35.5. The Morgan fingerprint density at radius 3 is 1.90 bits per heavy atom. The predicted molar refractivity (Wildman–Crippen MR) is 47.7 cm³/mol. The van der Waals surface area contributed by atoms with E-state index in [1.807, 2.05) is 12.1 Å². The van der Waals surface area contributed by atoms with Crippen molar-refractivity contribution in [3.8, 4) is 0 Å². The van der Waals surface area contributed by atoms with Crippen molar-refractivity contribution in [2.45, 2.75) is 0 Å². The summed E-state index contributed by atoms with van der Waals surface area (Å²) in [5.41, 5.74) is 0. The van der Waals surface area contributed by atoms with Crippen LogP contribution in [0.15, 0.2) is 18.2 Å². The van der Waals surface area contributed by atoms with Gasteiger partial charge in [0.1, 0.15) is 0 Å². The third-order valence-corrected chi connectivity index (χ3v) is 3.16. The van der Waals surface area contributed by atoms with Crippen LogP contribution in [0.1, 0.15) is 0 Å². The van der Waals surface area contributed by atoms with Gasteiger partial charge in [0.15, 0.2) is 0 Å². The molecule has 0 aliphatic heterocycles. The molecule has 1 rings (SSSR count). The van der Waals surface area contributed by atoms with Crippen molar-refractivity contribution < 1.29 is 0 Å². The smallest absolute Gasteiger partial charge is 0.336 e. The standard InChI is InChI=1S/C6H3Cl2.ClH.Mg/c7-5-2-1-3-6(8)4-5;;/h2-4H;1H;/q;;+1/p-1. The van der Waals surface area contributed by atoms with Gasteiger partial charge >= 0.3 is 19.3 Å². The number of halogens is 3. The molecular formula is C6H3Cl3Mg. The zero-order valence-corrected chi connectivity index (χ0v) is 8.76. The molecule has 10 heavy (non-hydrogen) atoms. The molecule has 0 spiro atoms. The molecule has 0 amide bonds. The molecule has 0 saturated carbocycles. The van der Waals surface area contributed by atoms with Gasteiger partial charge in [-0.3, -0.25) is 0 Å². The maximum absolute atomic E-state index is 5.71. The number of hydrogen-bond donors (Lipinski definition) is 0. The summed E-state index contributed by atoms with van der Waals surface area (Å²) in [5.74, 6) is 0. The second-order valence-electron chi connectivity index (χ2n) is 1.91. The molecule has 0 heterocycles. The highest BCUT2D eigenvalue weighted by Crippen LogP contribution is 2.13. The van der Waals surface area contributed by atoms with Crippen molar-refractivity contribution in [3.05, 3.63) is 28.2 Å². The van der Waals surface area contributed by atoms with E-state index in [-0.39, 0.29) is 0 Å². The van der Waals surface area contributed by atoms with Crippen LogP contribution in [0.4, 0.5) is 0 Å². The third-order valence-electron chi connectivity index (χ3n) is 1.08.